The first-order valence-corrected chi connectivity index (χ1v) is 8.04. The molecule has 1 aromatic carbocycles. The molecule has 124 valence electrons. The van der Waals surface area contributed by atoms with Crippen LogP contribution in [0.5, 0.6) is 11.5 Å². The number of fused-ring (bicyclic) bond motifs is 1. The fourth-order valence-corrected chi connectivity index (χ4v) is 3.25. The Hall–Kier alpha value is -2.24. The molecule has 0 radical (unpaired) electrons. The van der Waals surface area contributed by atoms with Crippen molar-refractivity contribution in [2.75, 3.05) is 13.2 Å². The van der Waals surface area contributed by atoms with E-state index in [1.54, 1.807) is 0 Å². The maximum atomic E-state index is 12.3. The molecule has 6 nitrogen and oxygen atoms in total. The number of para-hydroxylation sites is 2. The summed E-state index contributed by atoms with van der Waals surface area (Å²) >= 11 is 0. The Balaban J connectivity index is 1.54. The number of benzene rings is 1. The Morgan fingerprint density at radius 2 is 1.83 bits per heavy atom. The van der Waals surface area contributed by atoms with Gasteiger partial charge in [-0.15, -0.1) is 0 Å². The van der Waals surface area contributed by atoms with Gasteiger partial charge in [-0.1, -0.05) is 25.0 Å². The molecule has 1 amide bonds. The first-order chi connectivity index (χ1) is 11.1. The van der Waals surface area contributed by atoms with Crippen molar-refractivity contribution in [2.45, 2.75) is 31.8 Å². The number of carboxylic acid groups (broad SMARTS) is 1. The average molecular weight is 319 g/mol. The molecule has 1 aliphatic carbocycles. The number of ether oxygens (including phenoxy) is 2. The topological polar surface area (TPSA) is 84.9 Å². The molecule has 0 bridgehead atoms. The number of carbonyl (C=O) groups is 2. The Morgan fingerprint density at radius 1 is 1.13 bits per heavy atom. The smallest absolute Gasteiger partial charge is 0.307 e. The van der Waals surface area contributed by atoms with Crippen LogP contribution in [0, 0.1) is 11.8 Å². The lowest BCUT2D eigenvalue weighted by atomic mass is 9.78. The average Bonchev–Trinajstić information content (AvgIpc) is 2.59. The number of carbonyl (C=O) groups excluding carboxylic acids is 1. The van der Waals surface area contributed by atoms with Gasteiger partial charge in [0.15, 0.2) is 11.5 Å². The molecule has 1 heterocycles. The van der Waals surface area contributed by atoms with E-state index in [1.165, 1.54) is 0 Å². The number of rotatable bonds is 4. The molecule has 2 aliphatic rings. The molecule has 0 unspecified atom stereocenters. The summed E-state index contributed by atoms with van der Waals surface area (Å²) in [6, 6.07) is 7.40. The van der Waals surface area contributed by atoms with Crippen LogP contribution in [-0.4, -0.2) is 36.2 Å². The monoisotopic (exact) mass is 319 g/mol. The molecular weight excluding hydrogens is 298 g/mol. The van der Waals surface area contributed by atoms with E-state index < -0.39 is 17.8 Å². The molecule has 3 rings (SSSR count). The normalized spacial score (nSPS) is 26.3. The van der Waals surface area contributed by atoms with E-state index in [2.05, 4.69) is 5.32 Å². The Bertz CT molecular complexity index is 588. The quantitative estimate of drug-likeness (QED) is 0.884. The summed E-state index contributed by atoms with van der Waals surface area (Å²) in [5.74, 6) is -0.728. The van der Waals surface area contributed by atoms with E-state index in [-0.39, 0.29) is 12.0 Å². The van der Waals surface area contributed by atoms with Gasteiger partial charge in [-0.25, -0.2) is 0 Å². The van der Waals surface area contributed by atoms with Gasteiger partial charge in [-0.2, -0.15) is 0 Å². The maximum absolute atomic E-state index is 12.3. The number of amides is 1. The lowest BCUT2D eigenvalue weighted by Crippen LogP contribution is -2.45. The zero-order valence-electron chi connectivity index (χ0n) is 12.9. The summed E-state index contributed by atoms with van der Waals surface area (Å²) in [5, 5.41) is 12.1. The largest absolute Gasteiger partial charge is 0.486 e. The zero-order valence-corrected chi connectivity index (χ0v) is 12.9. The van der Waals surface area contributed by atoms with Gasteiger partial charge in [0.25, 0.3) is 0 Å². The highest BCUT2D eigenvalue weighted by molar-refractivity contribution is 5.84. The van der Waals surface area contributed by atoms with E-state index in [9.17, 15) is 14.7 Å². The highest BCUT2D eigenvalue weighted by Gasteiger charge is 2.36. The van der Waals surface area contributed by atoms with Crippen LogP contribution >= 0.6 is 0 Å². The summed E-state index contributed by atoms with van der Waals surface area (Å²) in [6.07, 6.45) is 2.72. The number of aliphatic carboxylic acids is 1. The van der Waals surface area contributed by atoms with Crippen molar-refractivity contribution in [1.82, 2.24) is 5.32 Å². The van der Waals surface area contributed by atoms with Crippen LogP contribution in [0.1, 0.15) is 25.7 Å². The van der Waals surface area contributed by atoms with Gasteiger partial charge in [0, 0.05) is 0 Å². The first-order valence-electron chi connectivity index (χ1n) is 8.04. The second-order valence-electron chi connectivity index (χ2n) is 6.08. The molecule has 0 aromatic heterocycles. The van der Waals surface area contributed by atoms with Crippen molar-refractivity contribution in [3.05, 3.63) is 24.3 Å². The molecule has 3 atom stereocenters. The summed E-state index contributed by atoms with van der Waals surface area (Å²) in [7, 11) is 0. The summed E-state index contributed by atoms with van der Waals surface area (Å²) in [6.45, 7) is 0.681. The van der Waals surface area contributed by atoms with E-state index in [0.29, 0.717) is 37.5 Å². The van der Waals surface area contributed by atoms with E-state index in [0.717, 1.165) is 12.8 Å². The van der Waals surface area contributed by atoms with Gasteiger partial charge < -0.3 is 19.9 Å². The molecule has 23 heavy (non-hydrogen) atoms. The van der Waals surface area contributed by atoms with Crippen molar-refractivity contribution >= 4 is 11.9 Å². The van der Waals surface area contributed by atoms with Crippen molar-refractivity contribution in [3.8, 4) is 11.5 Å². The molecule has 1 aliphatic heterocycles. The maximum Gasteiger partial charge on any atom is 0.307 e. The SMILES string of the molecule is O=C(NC[C@H]1COc2ccccc2O1)[C@H]1CCCC[C@H]1C(=O)O. The van der Waals surface area contributed by atoms with Gasteiger partial charge >= 0.3 is 5.97 Å². The summed E-state index contributed by atoms with van der Waals surface area (Å²) in [5.41, 5.74) is 0. The number of hydrogen-bond acceptors (Lipinski definition) is 4. The van der Waals surface area contributed by atoms with Crippen LogP contribution in [-0.2, 0) is 9.59 Å². The lowest BCUT2D eigenvalue weighted by Gasteiger charge is -2.29. The van der Waals surface area contributed by atoms with Crippen LogP contribution < -0.4 is 14.8 Å². The third-order valence-electron chi connectivity index (χ3n) is 4.49. The highest BCUT2D eigenvalue weighted by Crippen LogP contribution is 2.32. The van der Waals surface area contributed by atoms with Crippen LogP contribution in [0.4, 0.5) is 0 Å². The molecule has 0 spiro atoms. The van der Waals surface area contributed by atoms with Crippen molar-refractivity contribution in [3.63, 3.8) is 0 Å². The molecule has 1 saturated carbocycles. The summed E-state index contributed by atoms with van der Waals surface area (Å²) < 4.78 is 11.4. The second-order valence-corrected chi connectivity index (χ2v) is 6.08. The first kappa shape index (κ1) is 15.6. The van der Waals surface area contributed by atoms with E-state index >= 15 is 0 Å². The zero-order chi connectivity index (χ0) is 16.2. The Kier molecular flexibility index (Phi) is 4.69. The molecular formula is C17H21NO5. The van der Waals surface area contributed by atoms with E-state index in [1.807, 2.05) is 24.3 Å². The predicted octanol–water partition coefficient (Wildman–Crippen LogP) is 1.83. The molecule has 1 fully saturated rings. The number of hydrogen-bond donors (Lipinski definition) is 2. The van der Waals surface area contributed by atoms with Crippen molar-refractivity contribution in [1.29, 1.82) is 0 Å². The van der Waals surface area contributed by atoms with Gasteiger partial charge in [0.05, 0.1) is 18.4 Å². The Morgan fingerprint density at radius 3 is 2.57 bits per heavy atom. The van der Waals surface area contributed by atoms with Gasteiger partial charge in [0.1, 0.15) is 12.7 Å². The minimum atomic E-state index is -0.879. The highest BCUT2D eigenvalue weighted by atomic mass is 16.6. The third-order valence-corrected chi connectivity index (χ3v) is 4.49. The standard InChI is InChI=1S/C17H21NO5/c19-16(12-5-1-2-6-13(12)17(20)21)18-9-11-10-22-14-7-3-4-8-15(14)23-11/h3-4,7-8,11-13H,1-2,5-6,9-10H2,(H,18,19)(H,20,21)/t11-,12-,13+/m0/s1. The van der Waals surface area contributed by atoms with Crippen molar-refractivity contribution in [2.24, 2.45) is 11.8 Å². The molecule has 0 saturated heterocycles. The van der Waals surface area contributed by atoms with E-state index in [4.69, 9.17) is 9.47 Å². The van der Waals surface area contributed by atoms with Gasteiger partial charge in [-0.05, 0) is 25.0 Å². The van der Waals surface area contributed by atoms with Crippen LogP contribution in [0.15, 0.2) is 24.3 Å². The fraction of sp³-hybridized carbons (Fsp3) is 0.529. The van der Waals surface area contributed by atoms with Crippen LogP contribution in [0.25, 0.3) is 0 Å². The van der Waals surface area contributed by atoms with Crippen LogP contribution in [0.2, 0.25) is 0 Å². The second kappa shape index (κ2) is 6.89. The Labute approximate surface area is 134 Å². The molecule has 6 heteroatoms. The number of carboxylic acids is 1. The van der Waals surface area contributed by atoms with Gasteiger partial charge in [-0.3, -0.25) is 9.59 Å². The minimum Gasteiger partial charge on any atom is -0.486 e. The predicted molar refractivity (Wildman–Crippen MR) is 82.4 cm³/mol. The fourth-order valence-electron chi connectivity index (χ4n) is 3.25. The van der Waals surface area contributed by atoms with Crippen LogP contribution in [0.3, 0.4) is 0 Å². The molecule has 1 aromatic rings. The summed E-state index contributed by atoms with van der Waals surface area (Å²) in [4.78, 5) is 23.6. The van der Waals surface area contributed by atoms with Gasteiger partial charge in [0.2, 0.25) is 5.91 Å². The molecule has 2 N–H and O–H groups in total. The minimum absolute atomic E-state index is 0.195. The van der Waals surface area contributed by atoms with Crippen molar-refractivity contribution < 1.29 is 24.2 Å². The third kappa shape index (κ3) is 3.57. The lowest BCUT2D eigenvalue weighted by molar-refractivity contribution is -0.149. The number of nitrogens with one attached hydrogen (secondary N) is 1.